The molecule has 0 aliphatic heterocycles. The van der Waals surface area contributed by atoms with E-state index in [9.17, 15) is 0 Å². The molecule has 0 spiro atoms. The van der Waals surface area contributed by atoms with Crippen LogP contribution in [0, 0.1) is 11.3 Å². The number of nitrogens with zero attached hydrogens (tertiary/aromatic N) is 2. The van der Waals surface area contributed by atoms with E-state index in [1.165, 1.54) is 6.21 Å². The maximum Gasteiger partial charge on any atom is 0.0730 e. The van der Waals surface area contributed by atoms with Crippen LogP contribution in [-0.4, -0.2) is 25.2 Å². The summed E-state index contributed by atoms with van der Waals surface area (Å²) in [6.45, 7) is 20.4. The topological polar surface area (TPSA) is 74.6 Å². The van der Waals surface area contributed by atoms with Gasteiger partial charge >= 0.3 is 0 Å². The summed E-state index contributed by atoms with van der Waals surface area (Å²) < 4.78 is 0. The first-order chi connectivity index (χ1) is 15.3. The quantitative estimate of drug-likeness (QED) is 0.169. The second-order valence-corrected chi connectivity index (χ2v) is 8.09. The molecule has 0 rings (SSSR count). The summed E-state index contributed by atoms with van der Waals surface area (Å²) >= 11 is 1.57. The highest BCUT2D eigenvalue weighted by atomic mass is 32.2. The summed E-state index contributed by atoms with van der Waals surface area (Å²) in [5, 5.41) is 7.30. The lowest BCUT2D eigenvalue weighted by Crippen LogP contribution is -2.00. The van der Waals surface area contributed by atoms with Crippen LogP contribution in [0.2, 0.25) is 0 Å². The van der Waals surface area contributed by atoms with Crippen molar-refractivity contribution in [1.29, 1.82) is 5.41 Å². The van der Waals surface area contributed by atoms with Gasteiger partial charge in [0.15, 0.2) is 0 Å². The molecule has 1 unspecified atom stereocenters. The molecule has 0 saturated carbocycles. The molecule has 0 fully saturated rings. The highest BCUT2D eigenvalue weighted by Gasteiger charge is 2.09. The van der Waals surface area contributed by atoms with Crippen molar-refractivity contribution in [3.63, 3.8) is 0 Å². The van der Waals surface area contributed by atoms with Gasteiger partial charge in [0.1, 0.15) is 0 Å². The van der Waals surface area contributed by atoms with Crippen LogP contribution < -0.4 is 5.73 Å². The maximum absolute atomic E-state index is 7.30. The maximum atomic E-state index is 7.30. The average Bonchev–Trinajstić information content (AvgIpc) is 2.76. The Morgan fingerprint density at radius 1 is 1.09 bits per heavy atom. The Bertz CT molecular complexity index is 906. The molecule has 0 saturated heterocycles. The molecule has 0 heterocycles. The molecular weight excluding hydrogens is 412 g/mol. The first-order valence-electron chi connectivity index (χ1n) is 10.3. The summed E-state index contributed by atoms with van der Waals surface area (Å²) in [6.07, 6.45) is 22.1. The van der Waals surface area contributed by atoms with Crippen LogP contribution in [0.5, 0.6) is 0 Å². The number of thioether (sulfide) groups is 1. The number of nitrogens with one attached hydrogen (secondary N) is 1. The van der Waals surface area contributed by atoms with Crippen molar-refractivity contribution in [2.75, 3.05) is 6.54 Å². The molecule has 0 aliphatic rings. The van der Waals surface area contributed by atoms with Crippen molar-refractivity contribution in [2.45, 2.75) is 27.7 Å². The largest absolute Gasteiger partial charge is 0.326 e. The lowest BCUT2D eigenvalue weighted by molar-refractivity contribution is 1.02. The Balaban J connectivity index is 6.39. The summed E-state index contributed by atoms with van der Waals surface area (Å²) in [5.74, 6) is 0.163. The van der Waals surface area contributed by atoms with Crippen LogP contribution in [0.3, 0.4) is 0 Å². The second kappa shape index (κ2) is 17.6. The average molecular weight is 449 g/mol. The Labute approximate surface area is 198 Å². The van der Waals surface area contributed by atoms with Crippen LogP contribution >= 0.6 is 11.8 Å². The molecule has 0 aromatic carbocycles. The smallest absolute Gasteiger partial charge is 0.0730 e. The van der Waals surface area contributed by atoms with Gasteiger partial charge in [0.05, 0.1) is 11.4 Å². The predicted molar refractivity (Wildman–Crippen MR) is 148 cm³/mol. The van der Waals surface area contributed by atoms with Gasteiger partial charge in [-0.2, -0.15) is 0 Å². The highest BCUT2D eigenvalue weighted by Crippen LogP contribution is 2.29. The van der Waals surface area contributed by atoms with Crippen molar-refractivity contribution < 1.29 is 0 Å². The Kier molecular flexibility index (Phi) is 16.0. The third kappa shape index (κ3) is 13.3. The van der Waals surface area contributed by atoms with Gasteiger partial charge in [0.2, 0.25) is 0 Å². The SMILES string of the molecule is C=C(C=N)\C=C/C=C(C(=C)/N=C\CN)/C(=C/C(=C)S/C(C)=C/C=C\C)/N=C\C(C)/C=C/C. The molecule has 0 aromatic rings. The normalized spacial score (nSPS) is 15.0. The summed E-state index contributed by atoms with van der Waals surface area (Å²) in [5.41, 5.74) is 8.10. The minimum absolute atomic E-state index is 0.163. The van der Waals surface area contributed by atoms with Crippen molar-refractivity contribution in [1.82, 2.24) is 0 Å². The zero-order valence-corrected chi connectivity index (χ0v) is 20.5. The third-order valence-electron chi connectivity index (χ3n) is 3.76. The third-order valence-corrected chi connectivity index (χ3v) is 4.59. The van der Waals surface area contributed by atoms with E-state index in [4.69, 9.17) is 16.1 Å². The van der Waals surface area contributed by atoms with Crippen molar-refractivity contribution in [2.24, 2.45) is 21.6 Å². The zero-order valence-electron chi connectivity index (χ0n) is 19.7. The van der Waals surface area contributed by atoms with Gasteiger partial charge in [-0.1, -0.05) is 87.0 Å². The number of hydrogen-bond acceptors (Lipinski definition) is 5. The number of rotatable bonds is 14. The Hall–Kier alpha value is -3.02. The fraction of sp³-hybridized carbons (Fsp3) is 0.222. The second-order valence-electron chi connectivity index (χ2n) is 6.72. The fourth-order valence-corrected chi connectivity index (χ4v) is 3.00. The molecule has 0 aliphatic carbocycles. The van der Waals surface area contributed by atoms with Crippen molar-refractivity contribution in [3.05, 3.63) is 107 Å². The summed E-state index contributed by atoms with van der Waals surface area (Å²) in [7, 11) is 0. The number of hydrogen-bond donors (Lipinski definition) is 2. The first-order valence-corrected chi connectivity index (χ1v) is 11.2. The number of aliphatic imine (C=N–C) groups is 2. The van der Waals surface area contributed by atoms with Crippen molar-refractivity contribution >= 4 is 30.4 Å². The minimum Gasteiger partial charge on any atom is -0.326 e. The molecule has 3 N–H and O–H groups in total. The molecule has 5 heteroatoms. The molecule has 0 amide bonds. The van der Waals surface area contributed by atoms with E-state index >= 15 is 0 Å². The van der Waals surface area contributed by atoms with E-state index in [0.717, 1.165) is 15.4 Å². The lowest BCUT2D eigenvalue weighted by atomic mass is 10.1. The molecular formula is C27H36N4S. The Morgan fingerprint density at radius 3 is 2.41 bits per heavy atom. The van der Waals surface area contributed by atoms with E-state index in [-0.39, 0.29) is 5.92 Å². The Morgan fingerprint density at radius 2 is 1.81 bits per heavy atom. The van der Waals surface area contributed by atoms with E-state index < -0.39 is 0 Å². The van der Waals surface area contributed by atoms with E-state index in [1.54, 1.807) is 30.1 Å². The number of allylic oxidation sites excluding steroid dienone is 11. The molecule has 4 nitrogen and oxygen atoms in total. The highest BCUT2D eigenvalue weighted by molar-refractivity contribution is 8.06. The van der Waals surface area contributed by atoms with Gasteiger partial charge < -0.3 is 11.1 Å². The van der Waals surface area contributed by atoms with Gasteiger partial charge in [0, 0.05) is 41.6 Å². The van der Waals surface area contributed by atoms with Crippen molar-refractivity contribution in [3.8, 4) is 0 Å². The monoisotopic (exact) mass is 448 g/mol. The standard InChI is InChI=1S/C27H36N4S/c1-8-10-14-23(5)32-24(6)18-27(31-20-22(4)12-9-2)26(25(7)30-17-16-28)15-11-13-21(3)19-29/h8-15,17-20,22,29H,3,6-7,16,28H2,1-2,4-5H3/b10-8-,12-9+,13-11-,23-14+,26-15+,27-18-,29-19?,30-17-,31-20-. The van der Waals surface area contributed by atoms with Gasteiger partial charge in [-0.3, -0.25) is 9.98 Å². The number of nitrogens with two attached hydrogens (primary N) is 1. The summed E-state index contributed by atoms with van der Waals surface area (Å²) in [6, 6.07) is 0. The minimum atomic E-state index is 0.163. The summed E-state index contributed by atoms with van der Waals surface area (Å²) in [4.78, 5) is 11.0. The molecule has 1 atom stereocenters. The lowest BCUT2D eigenvalue weighted by Gasteiger charge is -2.10. The fourth-order valence-electron chi connectivity index (χ4n) is 2.27. The first kappa shape index (κ1) is 29.0. The van der Waals surface area contributed by atoms with Crippen LogP contribution in [0.4, 0.5) is 0 Å². The molecule has 0 bridgehead atoms. The van der Waals surface area contributed by atoms with Crippen LogP contribution in [0.15, 0.2) is 117 Å². The van der Waals surface area contributed by atoms with Crippen LogP contribution in [-0.2, 0) is 0 Å². The van der Waals surface area contributed by atoms with Gasteiger partial charge in [0.25, 0.3) is 0 Å². The molecule has 0 radical (unpaired) electrons. The molecule has 170 valence electrons. The van der Waals surface area contributed by atoms with Gasteiger partial charge in [-0.15, -0.1) is 0 Å². The predicted octanol–water partition coefficient (Wildman–Crippen LogP) is 7.11. The van der Waals surface area contributed by atoms with Gasteiger partial charge in [-0.05, 0) is 37.3 Å². The van der Waals surface area contributed by atoms with E-state index in [0.29, 0.717) is 23.5 Å². The zero-order chi connectivity index (χ0) is 24.4. The van der Waals surface area contributed by atoms with E-state index in [2.05, 4.69) is 37.7 Å². The van der Waals surface area contributed by atoms with Crippen LogP contribution in [0.25, 0.3) is 0 Å². The van der Waals surface area contributed by atoms with Gasteiger partial charge in [-0.25, -0.2) is 0 Å². The molecule has 0 aromatic heterocycles. The van der Waals surface area contributed by atoms with Crippen LogP contribution in [0.1, 0.15) is 27.7 Å². The molecule has 32 heavy (non-hydrogen) atoms. The van der Waals surface area contributed by atoms with E-state index in [1.807, 2.05) is 63.4 Å².